The molecule has 2 N–H and O–H groups in total. The van der Waals surface area contributed by atoms with E-state index >= 15 is 0 Å². The van der Waals surface area contributed by atoms with Crippen molar-refractivity contribution in [3.63, 3.8) is 0 Å². The Morgan fingerprint density at radius 2 is 1.97 bits per heavy atom. The van der Waals surface area contributed by atoms with Gasteiger partial charge in [0.25, 0.3) is 5.91 Å². The Morgan fingerprint density at radius 3 is 2.74 bits per heavy atom. The van der Waals surface area contributed by atoms with E-state index in [0.29, 0.717) is 30.1 Å². The normalized spacial score (nSPS) is 17.4. The number of ether oxygens (including phenoxy) is 2. The predicted octanol–water partition coefficient (Wildman–Crippen LogP) is 2.86. The van der Waals surface area contributed by atoms with Crippen LogP contribution >= 0.6 is 0 Å². The van der Waals surface area contributed by atoms with E-state index < -0.39 is 23.8 Å². The lowest BCUT2D eigenvalue weighted by atomic mass is 10.0. The molecular formula is C20H16F3N5O3. The van der Waals surface area contributed by atoms with Gasteiger partial charge in [-0.05, 0) is 11.6 Å². The molecular weight excluding hydrogens is 415 g/mol. The average molecular weight is 431 g/mol. The molecule has 3 aromatic heterocycles. The summed E-state index contributed by atoms with van der Waals surface area (Å²) in [5.74, 6) is 0.0317. The summed E-state index contributed by atoms with van der Waals surface area (Å²) in [7, 11) is 1.55. The number of carbonyl (C=O) groups excluding carboxylic acids is 1. The molecule has 1 amide bonds. The second-order valence-corrected chi connectivity index (χ2v) is 7.38. The van der Waals surface area contributed by atoms with Gasteiger partial charge in [0, 0.05) is 35.8 Å². The zero-order valence-electron chi connectivity index (χ0n) is 16.2. The van der Waals surface area contributed by atoms with E-state index in [9.17, 15) is 18.0 Å². The van der Waals surface area contributed by atoms with Crippen LogP contribution in [0.3, 0.4) is 0 Å². The van der Waals surface area contributed by atoms with Crippen molar-refractivity contribution in [1.29, 1.82) is 0 Å². The highest BCUT2D eigenvalue weighted by atomic mass is 19.4. The number of nitrogens with zero attached hydrogens (tertiary/aromatic N) is 4. The monoisotopic (exact) mass is 431 g/mol. The molecule has 1 atom stereocenters. The summed E-state index contributed by atoms with van der Waals surface area (Å²) in [6, 6.07) is 1.89. The fourth-order valence-corrected chi connectivity index (χ4v) is 3.87. The lowest BCUT2D eigenvalue weighted by Crippen LogP contribution is -2.32. The van der Waals surface area contributed by atoms with Crippen molar-refractivity contribution in [2.75, 3.05) is 19.4 Å². The minimum Gasteiger partial charge on any atom is -0.491 e. The molecule has 3 aromatic rings. The van der Waals surface area contributed by atoms with E-state index in [2.05, 4.69) is 15.0 Å². The first-order valence-electron chi connectivity index (χ1n) is 9.36. The van der Waals surface area contributed by atoms with E-state index in [1.165, 1.54) is 11.1 Å². The van der Waals surface area contributed by atoms with E-state index in [1.807, 2.05) is 0 Å². The first kappa shape index (κ1) is 19.5. The Kier molecular flexibility index (Phi) is 4.26. The molecule has 5 heterocycles. The zero-order valence-corrected chi connectivity index (χ0v) is 16.2. The number of hydrogen-bond donors (Lipinski definition) is 1. The summed E-state index contributed by atoms with van der Waals surface area (Å²) < 4.78 is 49.6. The van der Waals surface area contributed by atoms with Gasteiger partial charge in [0.15, 0.2) is 0 Å². The lowest BCUT2D eigenvalue weighted by Gasteiger charge is -2.23. The molecule has 8 nitrogen and oxygen atoms in total. The number of hydrogen-bond acceptors (Lipinski definition) is 7. The van der Waals surface area contributed by atoms with Crippen molar-refractivity contribution in [3.05, 3.63) is 52.6 Å². The molecule has 0 saturated carbocycles. The quantitative estimate of drug-likeness (QED) is 0.666. The molecule has 0 saturated heterocycles. The molecule has 2 aliphatic rings. The van der Waals surface area contributed by atoms with Gasteiger partial charge in [-0.25, -0.2) is 9.97 Å². The molecule has 0 aliphatic carbocycles. The maximum absolute atomic E-state index is 13.1. The number of anilines is 1. The van der Waals surface area contributed by atoms with Crippen LogP contribution in [-0.4, -0.2) is 39.4 Å². The molecule has 0 aromatic carbocycles. The van der Waals surface area contributed by atoms with Gasteiger partial charge in [-0.3, -0.25) is 9.78 Å². The number of nitrogen functional groups attached to an aromatic ring is 1. The van der Waals surface area contributed by atoms with Crippen LogP contribution < -0.4 is 10.5 Å². The van der Waals surface area contributed by atoms with E-state index in [-0.39, 0.29) is 18.1 Å². The van der Waals surface area contributed by atoms with E-state index in [1.54, 1.807) is 13.1 Å². The van der Waals surface area contributed by atoms with Crippen LogP contribution in [0.5, 0.6) is 5.75 Å². The van der Waals surface area contributed by atoms with Crippen molar-refractivity contribution >= 4 is 22.6 Å². The Morgan fingerprint density at radius 1 is 1.19 bits per heavy atom. The highest BCUT2D eigenvalue weighted by Crippen LogP contribution is 2.39. The molecule has 31 heavy (non-hydrogen) atoms. The molecule has 0 spiro atoms. The molecule has 11 heteroatoms. The maximum Gasteiger partial charge on any atom is 0.433 e. The zero-order chi connectivity index (χ0) is 21.9. The Bertz CT molecular complexity index is 1230. The summed E-state index contributed by atoms with van der Waals surface area (Å²) in [6.45, 7) is 0.747. The van der Waals surface area contributed by atoms with Crippen molar-refractivity contribution in [1.82, 2.24) is 19.9 Å². The van der Waals surface area contributed by atoms with Gasteiger partial charge in [-0.15, -0.1) is 0 Å². The van der Waals surface area contributed by atoms with Gasteiger partial charge in [0.2, 0.25) is 0 Å². The molecule has 5 rings (SSSR count). The van der Waals surface area contributed by atoms with Gasteiger partial charge in [0.1, 0.15) is 29.6 Å². The van der Waals surface area contributed by atoms with Crippen LogP contribution in [0.25, 0.3) is 10.9 Å². The van der Waals surface area contributed by atoms with E-state index in [4.69, 9.17) is 15.2 Å². The number of carbonyl (C=O) groups is 1. The van der Waals surface area contributed by atoms with Gasteiger partial charge in [0.05, 0.1) is 31.0 Å². The summed E-state index contributed by atoms with van der Waals surface area (Å²) in [5.41, 5.74) is 7.74. The standard InChI is InChI=1S/C20H16F3N5O3/c1-28(15-8-31-16-3-17(20(21,22)23)26-4-10(15)16)19(29)13-2-9-11-6-30-7-12(11)18(24)27-14(9)5-25-13/h2-5,15H,6-8H2,1H3,(H2,24,27)/t15-/m0/s1. The number of alkyl halides is 3. The summed E-state index contributed by atoms with van der Waals surface area (Å²) >= 11 is 0. The number of pyridine rings is 3. The number of rotatable bonds is 2. The average Bonchev–Trinajstić information content (AvgIpc) is 3.39. The van der Waals surface area contributed by atoms with Crippen LogP contribution in [0, 0.1) is 0 Å². The number of amides is 1. The number of fused-ring (bicyclic) bond motifs is 4. The maximum atomic E-state index is 13.1. The number of likely N-dealkylation sites (N-methyl/N-ethyl adjacent to an activating group) is 1. The van der Waals surface area contributed by atoms with Crippen molar-refractivity contribution in [2.24, 2.45) is 0 Å². The van der Waals surface area contributed by atoms with Gasteiger partial charge in [-0.1, -0.05) is 0 Å². The largest absolute Gasteiger partial charge is 0.491 e. The second-order valence-electron chi connectivity index (χ2n) is 7.38. The van der Waals surface area contributed by atoms with Crippen LogP contribution in [0.15, 0.2) is 24.5 Å². The van der Waals surface area contributed by atoms with Crippen molar-refractivity contribution < 1.29 is 27.4 Å². The third kappa shape index (κ3) is 3.12. The minimum absolute atomic E-state index is 0.0233. The predicted molar refractivity (Wildman–Crippen MR) is 102 cm³/mol. The van der Waals surface area contributed by atoms with Crippen LogP contribution in [0.4, 0.5) is 19.0 Å². The second kappa shape index (κ2) is 6.77. The Hall–Kier alpha value is -3.47. The molecule has 0 fully saturated rings. The number of aromatic nitrogens is 3. The third-order valence-electron chi connectivity index (χ3n) is 5.56. The van der Waals surface area contributed by atoms with Crippen molar-refractivity contribution in [3.8, 4) is 5.75 Å². The molecule has 160 valence electrons. The molecule has 0 radical (unpaired) electrons. The molecule has 2 aliphatic heterocycles. The van der Waals surface area contributed by atoms with Crippen LogP contribution in [0.1, 0.15) is 38.9 Å². The molecule has 0 unspecified atom stereocenters. The lowest BCUT2D eigenvalue weighted by molar-refractivity contribution is -0.141. The number of halogens is 3. The third-order valence-corrected chi connectivity index (χ3v) is 5.56. The van der Waals surface area contributed by atoms with Gasteiger partial charge < -0.3 is 20.1 Å². The smallest absolute Gasteiger partial charge is 0.433 e. The fraction of sp³-hybridized carbons (Fsp3) is 0.300. The summed E-state index contributed by atoms with van der Waals surface area (Å²) in [4.78, 5) is 26.5. The summed E-state index contributed by atoms with van der Waals surface area (Å²) in [5, 5.41) is 0.730. The SMILES string of the molecule is CN(C(=O)c1cc2c3c(c(N)nc2cn1)COC3)[C@H]1COc2cc(C(F)(F)F)ncc21. The van der Waals surface area contributed by atoms with Crippen LogP contribution in [-0.2, 0) is 24.1 Å². The highest BCUT2D eigenvalue weighted by Gasteiger charge is 2.37. The van der Waals surface area contributed by atoms with Gasteiger partial charge >= 0.3 is 6.18 Å². The first-order chi connectivity index (χ1) is 14.7. The summed E-state index contributed by atoms with van der Waals surface area (Å²) in [6.07, 6.45) is -2.00. The van der Waals surface area contributed by atoms with Crippen LogP contribution in [0.2, 0.25) is 0 Å². The van der Waals surface area contributed by atoms with Gasteiger partial charge in [-0.2, -0.15) is 13.2 Å². The first-order valence-corrected chi connectivity index (χ1v) is 9.36. The molecule has 0 bridgehead atoms. The Balaban J connectivity index is 1.47. The highest BCUT2D eigenvalue weighted by molar-refractivity contribution is 5.97. The van der Waals surface area contributed by atoms with E-state index in [0.717, 1.165) is 28.8 Å². The Labute approximate surface area is 173 Å². The van der Waals surface area contributed by atoms with Crippen molar-refractivity contribution in [2.45, 2.75) is 25.4 Å². The fourth-order valence-electron chi connectivity index (χ4n) is 3.87. The minimum atomic E-state index is -4.57. The number of nitrogens with two attached hydrogens (primary N) is 1. The topological polar surface area (TPSA) is 103 Å².